The summed E-state index contributed by atoms with van der Waals surface area (Å²) in [7, 11) is 0. The Balaban J connectivity index is 3.06. The lowest BCUT2D eigenvalue weighted by molar-refractivity contribution is -0.137. The molecule has 0 unspecified atom stereocenters. The molecule has 0 atom stereocenters. The fraction of sp³-hybridized carbons (Fsp3) is 0.769. The van der Waals surface area contributed by atoms with Crippen molar-refractivity contribution >= 4 is 5.97 Å². The molecule has 0 aliphatic carbocycles. The van der Waals surface area contributed by atoms with E-state index < -0.39 is 5.97 Å². The molecule has 2 nitrogen and oxygen atoms in total. The minimum Gasteiger partial charge on any atom is -0.481 e. The maximum atomic E-state index is 10.2. The molecule has 0 bridgehead atoms. The molecule has 0 radical (unpaired) electrons. The molecule has 0 aromatic rings. The van der Waals surface area contributed by atoms with E-state index in [-0.39, 0.29) is 0 Å². The van der Waals surface area contributed by atoms with Crippen LogP contribution >= 0.6 is 0 Å². The highest BCUT2D eigenvalue weighted by atomic mass is 16.4. The summed E-state index contributed by atoms with van der Waals surface area (Å²) in [6.07, 6.45) is 14.0. The number of aliphatic carboxylic acids is 1. The van der Waals surface area contributed by atoms with Gasteiger partial charge >= 0.3 is 5.97 Å². The Morgan fingerprint density at radius 2 is 1.60 bits per heavy atom. The molecular formula is C13H24O2. The second kappa shape index (κ2) is 11.3. The molecule has 0 fully saturated rings. The van der Waals surface area contributed by atoms with E-state index in [0.717, 1.165) is 25.7 Å². The van der Waals surface area contributed by atoms with Crippen molar-refractivity contribution in [2.24, 2.45) is 0 Å². The Morgan fingerprint density at radius 3 is 2.13 bits per heavy atom. The zero-order valence-electron chi connectivity index (χ0n) is 9.87. The Hall–Kier alpha value is -0.790. The molecule has 88 valence electrons. The van der Waals surface area contributed by atoms with Gasteiger partial charge in [-0.1, -0.05) is 38.3 Å². The van der Waals surface area contributed by atoms with E-state index in [0.29, 0.717) is 6.42 Å². The zero-order valence-corrected chi connectivity index (χ0v) is 9.87. The third-order valence-corrected chi connectivity index (χ3v) is 2.40. The summed E-state index contributed by atoms with van der Waals surface area (Å²) < 4.78 is 0. The van der Waals surface area contributed by atoms with Crippen LogP contribution in [0.1, 0.15) is 64.7 Å². The molecule has 0 aromatic carbocycles. The highest BCUT2D eigenvalue weighted by Gasteiger charge is 1.94. The molecule has 0 rings (SSSR count). The molecule has 0 amide bonds. The van der Waals surface area contributed by atoms with Crippen LogP contribution < -0.4 is 0 Å². The topological polar surface area (TPSA) is 37.3 Å². The van der Waals surface area contributed by atoms with E-state index in [1.54, 1.807) is 0 Å². The van der Waals surface area contributed by atoms with Gasteiger partial charge < -0.3 is 5.11 Å². The van der Waals surface area contributed by atoms with Crippen molar-refractivity contribution in [1.29, 1.82) is 0 Å². The lowest BCUT2D eigenvalue weighted by Gasteiger charge is -1.95. The molecule has 15 heavy (non-hydrogen) atoms. The zero-order chi connectivity index (χ0) is 11.4. The Bertz CT molecular complexity index is 173. The monoisotopic (exact) mass is 212 g/mol. The smallest absolute Gasteiger partial charge is 0.303 e. The lowest BCUT2D eigenvalue weighted by atomic mass is 10.1. The van der Waals surface area contributed by atoms with Crippen molar-refractivity contribution in [2.75, 3.05) is 0 Å². The van der Waals surface area contributed by atoms with Gasteiger partial charge in [-0.3, -0.25) is 4.79 Å². The average Bonchev–Trinajstić information content (AvgIpc) is 2.20. The van der Waals surface area contributed by atoms with Gasteiger partial charge in [0.25, 0.3) is 0 Å². The summed E-state index contributed by atoms with van der Waals surface area (Å²) in [4.78, 5) is 10.2. The number of rotatable bonds is 10. The number of carboxylic acid groups (broad SMARTS) is 1. The molecule has 0 saturated carbocycles. The molecule has 0 aliphatic heterocycles. The second-order valence-corrected chi connectivity index (χ2v) is 3.96. The SMILES string of the molecule is CCCCC/C=C\CCCCCC(=O)O. The van der Waals surface area contributed by atoms with Crippen molar-refractivity contribution in [2.45, 2.75) is 64.7 Å². The number of carbonyl (C=O) groups is 1. The lowest BCUT2D eigenvalue weighted by Crippen LogP contribution is -1.93. The molecule has 0 saturated heterocycles. The Kier molecular flexibility index (Phi) is 10.7. The largest absolute Gasteiger partial charge is 0.481 e. The summed E-state index contributed by atoms with van der Waals surface area (Å²) >= 11 is 0. The number of carboxylic acids is 1. The molecule has 0 aliphatic rings. The molecule has 1 N–H and O–H groups in total. The van der Waals surface area contributed by atoms with Crippen molar-refractivity contribution in [3.05, 3.63) is 12.2 Å². The van der Waals surface area contributed by atoms with Crippen molar-refractivity contribution in [3.63, 3.8) is 0 Å². The van der Waals surface area contributed by atoms with Gasteiger partial charge in [-0.2, -0.15) is 0 Å². The maximum Gasteiger partial charge on any atom is 0.303 e. The van der Waals surface area contributed by atoms with E-state index >= 15 is 0 Å². The summed E-state index contributed by atoms with van der Waals surface area (Å²) in [5.74, 6) is -0.676. The van der Waals surface area contributed by atoms with Gasteiger partial charge in [-0.15, -0.1) is 0 Å². The van der Waals surface area contributed by atoms with Gasteiger partial charge in [0, 0.05) is 6.42 Å². The second-order valence-electron chi connectivity index (χ2n) is 3.96. The third-order valence-electron chi connectivity index (χ3n) is 2.40. The summed E-state index contributed by atoms with van der Waals surface area (Å²) in [6, 6.07) is 0. The van der Waals surface area contributed by atoms with Crippen LogP contribution in [0, 0.1) is 0 Å². The van der Waals surface area contributed by atoms with E-state index in [4.69, 9.17) is 5.11 Å². The fourth-order valence-electron chi connectivity index (χ4n) is 1.46. The van der Waals surface area contributed by atoms with Gasteiger partial charge in [-0.25, -0.2) is 0 Å². The van der Waals surface area contributed by atoms with Crippen LogP contribution in [-0.4, -0.2) is 11.1 Å². The first-order valence-corrected chi connectivity index (χ1v) is 6.14. The van der Waals surface area contributed by atoms with Crippen LogP contribution in [0.2, 0.25) is 0 Å². The minimum atomic E-state index is -0.676. The third kappa shape index (κ3) is 13.2. The highest BCUT2D eigenvalue weighted by Crippen LogP contribution is 2.05. The number of allylic oxidation sites excluding steroid dienone is 2. The standard InChI is InChI=1S/C13H24O2/c1-2-3-4-5-6-7-8-9-10-11-12-13(14)15/h6-7H,2-5,8-12H2,1H3,(H,14,15)/b7-6-. The predicted octanol–water partition coefficient (Wildman–Crippen LogP) is 4.16. The van der Waals surface area contributed by atoms with Crippen LogP contribution in [0.15, 0.2) is 12.2 Å². The van der Waals surface area contributed by atoms with E-state index in [9.17, 15) is 4.79 Å². The molecule has 2 heteroatoms. The Morgan fingerprint density at radius 1 is 1.00 bits per heavy atom. The van der Waals surface area contributed by atoms with Gasteiger partial charge in [0.1, 0.15) is 0 Å². The van der Waals surface area contributed by atoms with Crippen molar-refractivity contribution < 1.29 is 9.90 Å². The first-order chi connectivity index (χ1) is 7.27. The molecule has 0 spiro atoms. The summed E-state index contributed by atoms with van der Waals surface area (Å²) in [5, 5.41) is 8.42. The van der Waals surface area contributed by atoms with E-state index in [2.05, 4.69) is 19.1 Å². The number of unbranched alkanes of at least 4 members (excludes halogenated alkanes) is 6. The Labute approximate surface area is 93.4 Å². The van der Waals surface area contributed by atoms with Gasteiger partial charge in [0.15, 0.2) is 0 Å². The quantitative estimate of drug-likeness (QED) is 0.436. The predicted molar refractivity (Wildman–Crippen MR) is 64.0 cm³/mol. The number of hydrogen-bond donors (Lipinski definition) is 1. The first kappa shape index (κ1) is 14.2. The summed E-state index contributed by atoms with van der Waals surface area (Å²) in [6.45, 7) is 2.21. The normalized spacial score (nSPS) is 11.0. The number of hydrogen-bond acceptors (Lipinski definition) is 1. The van der Waals surface area contributed by atoms with Gasteiger partial charge in [-0.05, 0) is 32.1 Å². The van der Waals surface area contributed by atoms with Gasteiger partial charge in [0.05, 0.1) is 0 Å². The molecular weight excluding hydrogens is 188 g/mol. The van der Waals surface area contributed by atoms with Crippen molar-refractivity contribution in [1.82, 2.24) is 0 Å². The average molecular weight is 212 g/mol. The fourth-order valence-corrected chi connectivity index (χ4v) is 1.46. The van der Waals surface area contributed by atoms with Crippen LogP contribution in [0.4, 0.5) is 0 Å². The van der Waals surface area contributed by atoms with Crippen LogP contribution in [0.3, 0.4) is 0 Å². The van der Waals surface area contributed by atoms with E-state index in [1.165, 1.54) is 25.7 Å². The molecule has 0 heterocycles. The van der Waals surface area contributed by atoms with Crippen LogP contribution in [0.25, 0.3) is 0 Å². The summed E-state index contributed by atoms with van der Waals surface area (Å²) in [5.41, 5.74) is 0. The van der Waals surface area contributed by atoms with E-state index in [1.807, 2.05) is 0 Å². The van der Waals surface area contributed by atoms with Crippen LogP contribution in [0.5, 0.6) is 0 Å². The first-order valence-electron chi connectivity index (χ1n) is 6.14. The highest BCUT2D eigenvalue weighted by molar-refractivity contribution is 5.66. The van der Waals surface area contributed by atoms with Crippen LogP contribution in [-0.2, 0) is 4.79 Å². The van der Waals surface area contributed by atoms with Crippen molar-refractivity contribution in [3.8, 4) is 0 Å². The van der Waals surface area contributed by atoms with Gasteiger partial charge in [0.2, 0.25) is 0 Å². The molecule has 0 aromatic heterocycles. The maximum absolute atomic E-state index is 10.2. The minimum absolute atomic E-state index is 0.320.